The van der Waals surface area contributed by atoms with Crippen LogP contribution in [0.2, 0.25) is 0 Å². The lowest BCUT2D eigenvalue weighted by Crippen LogP contribution is -2.07. The van der Waals surface area contributed by atoms with E-state index >= 15 is 0 Å². The Hall–Kier alpha value is -1.66. The largest absolute Gasteiger partial charge is 0.396 e. The van der Waals surface area contributed by atoms with Gasteiger partial charge < -0.3 is 10.5 Å². The smallest absolute Gasteiger partial charge is 0.274 e. The van der Waals surface area contributed by atoms with E-state index in [9.17, 15) is 10.1 Å². The molecule has 1 aromatic carbocycles. The Balaban J connectivity index is 2.98. The van der Waals surface area contributed by atoms with Gasteiger partial charge in [0.05, 0.1) is 10.6 Å². The number of nitrogen functional groups attached to an aromatic ring is 1. The van der Waals surface area contributed by atoms with Gasteiger partial charge in [0.15, 0.2) is 0 Å². The monoisotopic (exact) mass is 211 g/mol. The van der Waals surface area contributed by atoms with Gasteiger partial charge in [-0.3, -0.25) is 16.0 Å². The Bertz CT molecular complexity index is 354. The number of hydrogen-bond donors (Lipinski definition) is 3. The molecular formula is C9H13N3O3. The van der Waals surface area contributed by atoms with Crippen molar-refractivity contribution in [2.24, 2.45) is 5.84 Å². The maximum Gasteiger partial charge on any atom is 0.274 e. The second kappa shape index (κ2) is 5.28. The molecular weight excluding hydrogens is 198 g/mol. The molecule has 4 N–H and O–H groups in total. The predicted octanol–water partition coefficient (Wildman–Crippen LogP) is 0.805. The average molecular weight is 211 g/mol. The number of aliphatic hydroxyl groups excluding tert-OH is 1. The van der Waals surface area contributed by atoms with Crippen LogP contribution in [0.4, 0.5) is 11.4 Å². The molecule has 0 spiro atoms. The van der Waals surface area contributed by atoms with Gasteiger partial charge >= 0.3 is 0 Å². The summed E-state index contributed by atoms with van der Waals surface area (Å²) in [5, 5.41) is 19.4. The Labute approximate surface area is 86.8 Å². The second-order valence-electron chi connectivity index (χ2n) is 3.07. The third-order valence-electron chi connectivity index (χ3n) is 2.05. The molecule has 0 aliphatic carbocycles. The highest BCUT2D eigenvalue weighted by atomic mass is 16.6. The van der Waals surface area contributed by atoms with E-state index in [1.165, 1.54) is 6.07 Å². The van der Waals surface area contributed by atoms with E-state index in [0.717, 1.165) is 0 Å². The first-order valence-electron chi connectivity index (χ1n) is 4.54. The van der Waals surface area contributed by atoms with E-state index in [1.807, 2.05) is 0 Å². The van der Waals surface area contributed by atoms with Gasteiger partial charge in [0, 0.05) is 18.2 Å². The molecule has 1 aromatic rings. The molecule has 82 valence electrons. The molecule has 0 fully saturated rings. The molecule has 0 saturated carbocycles. The summed E-state index contributed by atoms with van der Waals surface area (Å²) in [7, 11) is 0. The number of hydrazine groups is 1. The summed E-state index contributed by atoms with van der Waals surface area (Å²) in [6.45, 7) is 0.0219. The molecule has 1 rings (SSSR count). The van der Waals surface area contributed by atoms with E-state index in [2.05, 4.69) is 5.43 Å². The Morgan fingerprint density at radius 2 is 2.27 bits per heavy atom. The molecule has 15 heavy (non-hydrogen) atoms. The van der Waals surface area contributed by atoms with Gasteiger partial charge in [0.2, 0.25) is 0 Å². The zero-order valence-electron chi connectivity index (χ0n) is 8.14. The van der Waals surface area contributed by atoms with Crippen molar-refractivity contribution in [2.75, 3.05) is 12.0 Å². The van der Waals surface area contributed by atoms with E-state index in [1.54, 1.807) is 12.1 Å². The number of nitro groups is 1. The standard InChI is InChI=1S/C9H13N3O3/c10-11-8-4-3-7(2-1-5-13)9(6-8)12(14)15/h3-4,6,11,13H,1-2,5,10H2. The molecule has 0 saturated heterocycles. The molecule has 0 aromatic heterocycles. The lowest BCUT2D eigenvalue weighted by molar-refractivity contribution is -0.385. The quantitative estimate of drug-likeness (QED) is 0.380. The van der Waals surface area contributed by atoms with Crippen molar-refractivity contribution in [3.63, 3.8) is 0 Å². The molecule has 0 heterocycles. The number of nitrogens with zero attached hydrogens (tertiary/aromatic N) is 1. The van der Waals surface area contributed by atoms with Crippen molar-refractivity contribution in [1.82, 2.24) is 0 Å². The van der Waals surface area contributed by atoms with Gasteiger partial charge in [0.1, 0.15) is 0 Å². The second-order valence-corrected chi connectivity index (χ2v) is 3.07. The summed E-state index contributed by atoms with van der Waals surface area (Å²) >= 11 is 0. The fraction of sp³-hybridized carbons (Fsp3) is 0.333. The van der Waals surface area contributed by atoms with Crippen molar-refractivity contribution in [2.45, 2.75) is 12.8 Å². The number of hydrogen-bond acceptors (Lipinski definition) is 5. The van der Waals surface area contributed by atoms with Gasteiger partial charge in [-0.2, -0.15) is 0 Å². The number of nitrogens with one attached hydrogen (secondary N) is 1. The fourth-order valence-electron chi connectivity index (χ4n) is 1.30. The number of nitrogens with two attached hydrogens (primary N) is 1. The van der Waals surface area contributed by atoms with Crippen LogP contribution in [0.15, 0.2) is 18.2 Å². The van der Waals surface area contributed by atoms with Crippen LogP contribution in [-0.2, 0) is 6.42 Å². The molecule has 6 nitrogen and oxygen atoms in total. The molecule has 0 unspecified atom stereocenters. The number of aryl methyl sites for hydroxylation is 1. The van der Waals surface area contributed by atoms with Gasteiger partial charge in [-0.25, -0.2) is 0 Å². The molecule has 0 aliphatic rings. The first-order valence-corrected chi connectivity index (χ1v) is 4.54. The summed E-state index contributed by atoms with van der Waals surface area (Å²) in [6.07, 6.45) is 0.994. The fourth-order valence-corrected chi connectivity index (χ4v) is 1.30. The van der Waals surface area contributed by atoms with E-state index in [-0.39, 0.29) is 12.3 Å². The minimum atomic E-state index is -0.451. The van der Waals surface area contributed by atoms with E-state index in [0.29, 0.717) is 24.1 Å². The normalized spacial score (nSPS) is 10.0. The third-order valence-corrected chi connectivity index (χ3v) is 2.05. The molecule has 0 aliphatic heterocycles. The van der Waals surface area contributed by atoms with Crippen molar-refractivity contribution in [1.29, 1.82) is 0 Å². The van der Waals surface area contributed by atoms with E-state index in [4.69, 9.17) is 10.9 Å². The minimum Gasteiger partial charge on any atom is -0.396 e. The van der Waals surface area contributed by atoms with Gasteiger partial charge in [-0.05, 0) is 18.9 Å². The van der Waals surface area contributed by atoms with Crippen LogP contribution in [0.25, 0.3) is 0 Å². The summed E-state index contributed by atoms with van der Waals surface area (Å²) in [5.74, 6) is 5.16. The maximum absolute atomic E-state index is 10.7. The summed E-state index contributed by atoms with van der Waals surface area (Å²) in [4.78, 5) is 10.3. The number of anilines is 1. The minimum absolute atomic E-state index is 0.0219. The lowest BCUT2D eigenvalue weighted by atomic mass is 10.1. The van der Waals surface area contributed by atoms with Crippen LogP contribution < -0.4 is 11.3 Å². The molecule has 0 bridgehead atoms. The van der Waals surface area contributed by atoms with Crippen molar-refractivity contribution >= 4 is 11.4 Å². The Morgan fingerprint density at radius 3 is 2.80 bits per heavy atom. The van der Waals surface area contributed by atoms with Crippen LogP contribution in [0.3, 0.4) is 0 Å². The molecule has 0 amide bonds. The SMILES string of the molecule is NNc1ccc(CCCO)c([N+](=O)[O-])c1. The molecule has 0 atom stereocenters. The highest BCUT2D eigenvalue weighted by Gasteiger charge is 2.13. The highest BCUT2D eigenvalue weighted by Crippen LogP contribution is 2.23. The summed E-state index contributed by atoms with van der Waals surface area (Å²) in [5.41, 5.74) is 3.48. The number of benzene rings is 1. The summed E-state index contributed by atoms with van der Waals surface area (Å²) in [6, 6.07) is 4.69. The van der Waals surface area contributed by atoms with Crippen molar-refractivity contribution in [3.05, 3.63) is 33.9 Å². The Morgan fingerprint density at radius 1 is 1.53 bits per heavy atom. The average Bonchev–Trinajstić information content (AvgIpc) is 2.26. The number of aliphatic hydroxyl groups is 1. The third kappa shape index (κ3) is 2.90. The predicted molar refractivity (Wildman–Crippen MR) is 56.3 cm³/mol. The van der Waals surface area contributed by atoms with Crippen LogP contribution in [0, 0.1) is 10.1 Å². The maximum atomic E-state index is 10.7. The first kappa shape index (κ1) is 11.4. The topological polar surface area (TPSA) is 101 Å². The zero-order valence-corrected chi connectivity index (χ0v) is 8.14. The van der Waals surface area contributed by atoms with Gasteiger partial charge in [-0.15, -0.1) is 0 Å². The van der Waals surface area contributed by atoms with Crippen LogP contribution in [-0.4, -0.2) is 16.6 Å². The summed E-state index contributed by atoms with van der Waals surface area (Å²) < 4.78 is 0. The number of rotatable bonds is 5. The zero-order chi connectivity index (χ0) is 11.3. The Kier molecular flexibility index (Phi) is 4.02. The van der Waals surface area contributed by atoms with Crippen LogP contribution >= 0.6 is 0 Å². The van der Waals surface area contributed by atoms with Crippen LogP contribution in [0.5, 0.6) is 0 Å². The highest BCUT2D eigenvalue weighted by molar-refractivity contribution is 5.54. The number of nitro benzene ring substituents is 1. The van der Waals surface area contributed by atoms with Crippen LogP contribution in [0.1, 0.15) is 12.0 Å². The van der Waals surface area contributed by atoms with Gasteiger partial charge in [-0.1, -0.05) is 6.07 Å². The van der Waals surface area contributed by atoms with Crippen molar-refractivity contribution < 1.29 is 10.0 Å². The molecule has 6 heteroatoms. The first-order chi connectivity index (χ1) is 7.19. The van der Waals surface area contributed by atoms with E-state index < -0.39 is 4.92 Å². The lowest BCUT2D eigenvalue weighted by Gasteiger charge is -2.04. The van der Waals surface area contributed by atoms with Gasteiger partial charge in [0.25, 0.3) is 5.69 Å². The molecule has 0 radical (unpaired) electrons. The van der Waals surface area contributed by atoms with Crippen molar-refractivity contribution in [3.8, 4) is 0 Å².